The normalized spacial score (nSPS) is 21.2. The van der Waals surface area contributed by atoms with E-state index in [4.69, 9.17) is 9.84 Å². The largest absolute Gasteiger partial charge is 0.487 e. The van der Waals surface area contributed by atoms with E-state index in [-0.39, 0.29) is 12.1 Å². The van der Waals surface area contributed by atoms with Crippen LogP contribution in [0.2, 0.25) is 0 Å². The van der Waals surface area contributed by atoms with Crippen LogP contribution in [0.4, 0.5) is 0 Å². The van der Waals surface area contributed by atoms with Gasteiger partial charge in [0.15, 0.2) is 0 Å². The van der Waals surface area contributed by atoms with Crippen molar-refractivity contribution < 1.29 is 14.6 Å². The number of hydrogen-bond donors (Lipinski definition) is 1. The first kappa shape index (κ1) is 13.4. The van der Waals surface area contributed by atoms with Gasteiger partial charge in [-0.15, -0.1) is 0 Å². The summed E-state index contributed by atoms with van der Waals surface area (Å²) in [7, 11) is 0. The summed E-state index contributed by atoms with van der Waals surface area (Å²) in [6, 6.07) is 6.42. The molecule has 0 atom stereocenters. The van der Waals surface area contributed by atoms with E-state index in [0.717, 1.165) is 44.5 Å². The second-order valence-corrected chi connectivity index (χ2v) is 6.07. The van der Waals surface area contributed by atoms with Crippen LogP contribution in [0.3, 0.4) is 0 Å². The zero-order valence-corrected chi connectivity index (χ0v) is 11.9. The lowest BCUT2D eigenvalue weighted by Gasteiger charge is -2.44. The molecule has 1 N–H and O–H groups in total. The van der Waals surface area contributed by atoms with Gasteiger partial charge in [-0.05, 0) is 49.8 Å². The molecule has 4 nitrogen and oxygen atoms in total. The molecule has 1 aromatic rings. The molecular weight excluding hydrogens is 254 g/mol. The molecule has 1 saturated heterocycles. The van der Waals surface area contributed by atoms with E-state index < -0.39 is 5.97 Å². The van der Waals surface area contributed by atoms with E-state index in [0.29, 0.717) is 0 Å². The van der Waals surface area contributed by atoms with Crippen LogP contribution in [0.25, 0.3) is 0 Å². The average molecular weight is 275 g/mol. The molecule has 20 heavy (non-hydrogen) atoms. The third-order valence-electron chi connectivity index (χ3n) is 4.53. The lowest BCUT2D eigenvalue weighted by molar-refractivity contribution is -0.139. The Labute approximate surface area is 119 Å². The quantitative estimate of drug-likeness (QED) is 0.899. The highest BCUT2D eigenvalue weighted by atomic mass is 16.5. The van der Waals surface area contributed by atoms with Crippen LogP contribution in [0, 0.1) is 6.92 Å². The summed E-state index contributed by atoms with van der Waals surface area (Å²) in [5.41, 5.74) is 2.45. The lowest BCUT2D eigenvalue weighted by Crippen LogP contribution is -2.50. The van der Waals surface area contributed by atoms with Crippen LogP contribution in [0.5, 0.6) is 5.75 Å². The zero-order valence-electron chi connectivity index (χ0n) is 11.9. The number of ether oxygens (including phenoxy) is 1. The van der Waals surface area contributed by atoms with E-state index in [9.17, 15) is 4.79 Å². The fraction of sp³-hybridized carbons (Fsp3) is 0.562. The first-order valence-corrected chi connectivity index (χ1v) is 7.29. The molecule has 108 valence electrons. The van der Waals surface area contributed by atoms with Crippen LogP contribution < -0.4 is 4.74 Å². The molecule has 2 aliphatic rings. The number of carboxylic acid groups (broad SMARTS) is 1. The Morgan fingerprint density at radius 1 is 1.35 bits per heavy atom. The van der Waals surface area contributed by atoms with Crippen LogP contribution in [-0.4, -0.2) is 41.2 Å². The van der Waals surface area contributed by atoms with E-state index >= 15 is 0 Å². The monoisotopic (exact) mass is 275 g/mol. The second-order valence-electron chi connectivity index (χ2n) is 6.07. The zero-order chi connectivity index (χ0) is 14.2. The number of aryl methyl sites for hydroxylation is 2. The summed E-state index contributed by atoms with van der Waals surface area (Å²) in [5, 5.41) is 8.86. The third kappa shape index (κ3) is 2.66. The van der Waals surface area contributed by atoms with Crippen molar-refractivity contribution in [2.24, 2.45) is 0 Å². The van der Waals surface area contributed by atoms with E-state index in [2.05, 4.69) is 25.1 Å². The van der Waals surface area contributed by atoms with Crippen molar-refractivity contribution in [3.8, 4) is 5.75 Å². The number of benzene rings is 1. The molecule has 1 spiro atoms. The predicted octanol–water partition coefficient (Wildman–Crippen LogP) is 2.24. The van der Waals surface area contributed by atoms with Crippen LogP contribution >= 0.6 is 0 Å². The maximum atomic E-state index is 10.8. The molecule has 0 aliphatic carbocycles. The minimum Gasteiger partial charge on any atom is -0.487 e. The van der Waals surface area contributed by atoms with Gasteiger partial charge < -0.3 is 9.84 Å². The van der Waals surface area contributed by atoms with Crippen molar-refractivity contribution in [1.82, 2.24) is 4.90 Å². The van der Waals surface area contributed by atoms with Crippen molar-refractivity contribution >= 4 is 5.97 Å². The first-order chi connectivity index (χ1) is 9.56. The molecule has 0 bridgehead atoms. The number of hydrogen-bond acceptors (Lipinski definition) is 3. The van der Waals surface area contributed by atoms with Gasteiger partial charge in [0.2, 0.25) is 0 Å². The van der Waals surface area contributed by atoms with Gasteiger partial charge in [-0.25, -0.2) is 0 Å². The molecule has 0 saturated carbocycles. The number of rotatable bonds is 2. The molecular formula is C16H21NO3. The van der Waals surface area contributed by atoms with Crippen molar-refractivity contribution in [2.45, 2.75) is 38.2 Å². The highest BCUT2D eigenvalue weighted by Crippen LogP contribution is 2.39. The average Bonchev–Trinajstić information content (AvgIpc) is 2.41. The molecule has 0 amide bonds. The maximum Gasteiger partial charge on any atom is 0.317 e. The SMILES string of the molecule is Cc1ccc2c(c1)OC1(CC2)CCN(CC(=O)O)CC1. The topological polar surface area (TPSA) is 49.8 Å². The Hall–Kier alpha value is -1.55. The van der Waals surface area contributed by atoms with E-state index in [1.807, 2.05) is 4.90 Å². The number of carboxylic acids is 1. The molecule has 3 rings (SSSR count). The lowest BCUT2D eigenvalue weighted by atomic mass is 9.83. The van der Waals surface area contributed by atoms with Gasteiger partial charge in [-0.3, -0.25) is 9.69 Å². The second kappa shape index (κ2) is 5.09. The van der Waals surface area contributed by atoms with Gasteiger partial charge in [-0.2, -0.15) is 0 Å². The molecule has 0 aromatic heterocycles. The van der Waals surface area contributed by atoms with Gasteiger partial charge in [0.25, 0.3) is 0 Å². The van der Waals surface area contributed by atoms with Gasteiger partial charge in [0.05, 0.1) is 6.54 Å². The molecule has 1 fully saturated rings. The highest BCUT2D eigenvalue weighted by molar-refractivity contribution is 5.69. The van der Waals surface area contributed by atoms with E-state index in [1.54, 1.807) is 0 Å². The van der Waals surface area contributed by atoms with Crippen LogP contribution in [-0.2, 0) is 11.2 Å². The molecule has 2 aliphatic heterocycles. The molecule has 1 aromatic carbocycles. The Bertz CT molecular complexity index is 518. The van der Waals surface area contributed by atoms with Crippen molar-refractivity contribution in [1.29, 1.82) is 0 Å². The van der Waals surface area contributed by atoms with Crippen LogP contribution in [0.1, 0.15) is 30.4 Å². The minimum absolute atomic E-state index is 0.0736. The summed E-state index contributed by atoms with van der Waals surface area (Å²) in [4.78, 5) is 12.8. The highest BCUT2D eigenvalue weighted by Gasteiger charge is 2.39. The van der Waals surface area contributed by atoms with Crippen molar-refractivity contribution in [3.05, 3.63) is 29.3 Å². The fourth-order valence-electron chi connectivity index (χ4n) is 3.27. The number of piperidine rings is 1. The maximum absolute atomic E-state index is 10.8. The fourth-order valence-corrected chi connectivity index (χ4v) is 3.27. The van der Waals surface area contributed by atoms with Gasteiger partial charge in [0.1, 0.15) is 11.4 Å². The van der Waals surface area contributed by atoms with Gasteiger partial charge in [-0.1, -0.05) is 12.1 Å². The smallest absolute Gasteiger partial charge is 0.317 e. The number of aliphatic carboxylic acids is 1. The number of nitrogens with zero attached hydrogens (tertiary/aromatic N) is 1. The predicted molar refractivity (Wildman–Crippen MR) is 76.2 cm³/mol. The number of carbonyl (C=O) groups is 1. The Morgan fingerprint density at radius 3 is 2.80 bits per heavy atom. The summed E-state index contributed by atoms with van der Waals surface area (Å²) in [6.45, 7) is 3.85. The first-order valence-electron chi connectivity index (χ1n) is 7.29. The molecule has 0 unspecified atom stereocenters. The van der Waals surface area contributed by atoms with Crippen molar-refractivity contribution in [2.75, 3.05) is 19.6 Å². The number of fused-ring (bicyclic) bond motifs is 1. The summed E-state index contributed by atoms with van der Waals surface area (Å²) in [6.07, 6.45) is 3.96. The summed E-state index contributed by atoms with van der Waals surface area (Å²) in [5.74, 6) is 0.286. The molecule has 4 heteroatoms. The van der Waals surface area contributed by atoms with Crippen LogP contribution in [0.15, 0.2) is 18.2 Å². The summed E-state index contributed by atoms with van der Waals surface area (Å²) < 4.78 is 6.32. The Kier molecular flexibility index (Phi) is 3.42. The van der Waals surface area contributed by atoms with Gasteiger partial charge >= 0.3 is 5.97 Å². The minimum atomic E-state index is -0.744. The van der Waals surface area contributed by atoms with Gasteiger partial charge in [0, 0.05) is 13.1 Å². The Balaban J connectivity index is 1.69. The van der Waals surface area contributed by atoms with E-state index in [1.165, 1.54) is 11.1 Å². The van der Waals surface area contributed by atoms with Crippen molar-refractivity contribution in [3.63, 3.8) is 0 Å². The summed E-state index contributed by atoms with van der Waals surface area (Å²) >= 11 is 0. The molecule has 2 heterocycles. The Morgan fingerprint density at radius 2 is 2.10 bits per heavy atom. The third-order valence-corrected chi connectivity index (χ3v) is 4.53. The molecule has 0 radical (unpaired) electrons. The number of likely N-dealkylation sites (tertiary alicyclic amines) is 1. The standard InChI is InChI=1S/C16H21NO3/c1-12-2-3-13-4-5-16(20-14(13)10-12)6-8-17(9-7-16)11-15(18)19/h2-3,10H,4-9,11H2,1H3,(H,18,19).